The third-order valence-corrected chi connectivity index (χ3v) is 5.37. The lowest BCUT2D eigenvalue weighted by atomic mass is 10.2. The predicted octanol–water partition coefficient (Wildman–Crippen LogP) is 1.40. The summed E-state index contributed by atoms with van der Waals surface area (Å²) >= 11 is 1.36. The lowest BCUT2D eigenvalue weighted by Crippen LogP contribution is -2.44. The van der Waals surface area contributed by atoms with E-state index in [1.54, 1.807) is 29.6 Å². The number of benzene rings is 1. The second-order valence-corrected chi connectivity index (χ2v) is 7.30. The van der Waals surface area contributed by atoms with Crippen molar-refractivity contribution in [3.63, 3.8) is 0 Å². The summed E-state index contributed by atoms with van der Waals surface area (Å²) in [5.74, 6) is -0.519. The Balaban J connectivity index is 1.29. The summed E-state index contributed by atoms with van der Waals surface area (Å²) in [6, 6.07) is 6.13. The van der Waals surface area contributed by atoms with E-state index in [1.807, 2.05) is 4.90 Å². The largest absolute Gasteiger partial charge is 0.447 e. The van der Waals surface area contributed by atoms with Gasteiger partial charge in [0.25, 0.3) is 5.91 Å². The molecule has 11 nitrogen and oxygen atoms in total. The summed E-state index contributed by atoms with van der Waals surface area (Å²) in [5.41, 5.74) is 5.91. The Bertz CT molecular complexity index is 945. The van der Waals surface area contributed by atoms with Crippen LogP contribution in [0.25, 0.3) is 0 Å². The van der Waals surface area contributed by atoms with Crippen LogP contribution in [0.15, 0.2) is 29.6 Å². The summed E-state index contributed by atoms with van der Waals surface area (Å²) in [4.78, 5) is 43.9. The van der Waals surface area contributed by atoms with Gasteiger partial charge in [-0.25, -0.2) is 20.0 Å². The molecular weight excluding hydrogens is 412 g/mol. The zero-order chi connectivity index (χ0) is 20.9. The molecule has 0 aliphatic carbocycles. The Morgan fingerprint density at radius 1 is 1.10 bits per heavy atom. The maximum Gasteiger partial charge on any atom is 0.414 e. The fourth-order valence-electron chi connectivity index (χ4n) is 2.99. The van der Waals surface area contributed by atoms with Crippen molar-refractivity contribution in [3.8, 4) is 0 Å². The van der Waals surface area contributed by atoms with Gasteiger partial charge < -0.3 is 19.7 Å². The smallest absolute Gasteiger partial charge is 0.414 e. The van der Waals surface area contributed by atoms with E-state index < -0.39 is 18.0 Å². The molecule has 0 unspecified atom stereocenters. The highest BCUT2D eigenvalue weighted by atomic mass is 32.1. The molecule has 1 aromatic carbocycles. The molecule has 158 valence electrons. The van der Waals surface area contributed by atoms with Gasteiger partial charge >= 0.3 is 12.1 Å². The van der Waals surface area contributed by atoms with E-state index in [1.165, 1.54) is 16.2 Å². The van der Waals surface area contributed by atoms with Crippen LogP contribution in [0.2, 0.25) is 0 Å². The van der Waals surface area contributed by atoms with Crippen LogP contribution in [0.4, 0.5) is 26.1 Å². The molecule has 4 amide bonds. The third kappa shape index (κ3) is 4.60. The average Bonchev–Trinajstić information content (AvgIpc) is 3.42. The number of hydrazine groups is 1. The number of carbonyl (C=O) groups is 3. The second kappa shape index (κ2) is 8.97. The zero-order valence-electron chi connectivity index (χ0n) is 15.9. The van der Waals surface area contributed by atoms with Crippen molar-refractivity contribution in [2.24, 2.45) is 0 Å². The molecule has 0 spiro atoms. The number of carbonyl (C=O) groups excluding carboxylic acids is 3. The van der Waals surface area contributed by atoms with E-state index in [0.29, 0.717) is 37.7 Å². The highest BCUT2D eigenvalue weighted by molar-refractivity contribution is 7.13. The minimum Gasteiger partial charge on any atom is -0.447 e. The molecule has 2 aromatic rings. The van der Waals surface area contributed by atoms with Crippen molar-refractivity contribution in [1.29, 1.82) is 0 Å². The molecule has 3 N–H and O–H groups in total. The first-order valence-corrected chi connectivity index (χ1v) is 10.2. The Kier molecular flexibility index (Phi) is 5.95. The summed E-state index contributed by atoms with van der Waals surface area (Å²) in [6.45, 7) is 3.48. The standard InChI is InChI=1S/C18H20N6O5S/c25-15(14-11-30-17(20-14)23-4-7-28-8-5-23)21-22-16(26)19-12-2-1-3-13(10-12)24-6-9-29-18(24)27/h1-3,10-11H,4-9H2,(H,21,25)(H2,19,22,26). The maximum atomic E-state index is 12.3. The van der Waals surface area contributed by atoms with E-state index in [2.05, 4.69) is 21.2 Å². The molecule has 3 heterocycles. The van der Waals surface area contributed by atoms with Crippen molar-refractivity contribution in [1.82, 2.24) is 15.8 Å². The fourth-order valence-corrected chi connectivity index (χ4v) is 3.85. The molecule has 1 aromatic heterocycles. The van der Waals surface area contributed by atoms with Crippen LogP contribution in [0, 0.1) is 0 Å². The van der Waals surface area contributed by atoms with E-state index in [9.17, 15) is 14.4 Å². The molecule has 2 fully saturated rings. The first-order valence-electron chi connectivity index (χ1n) is 9.30. The number of hydrogen-bond acceptors (Lipinski definition) is 8. The van der Waals surface area contributed by atoms with Crippen LogP contribution in [-0.4, -0.2) is 62.5 Å². The molecule has 2 aliphatic rings. The molecule has 0 radical (unpaired) electrons. The molecule has 2 aliphatic heterocycles. The molecule has 0 bridgehead atoms. The normalized spacial score (nSPS) is 16.2. The van der Waals surface area contributed by atoms with Gasteiger partial charge in [0.15, 0.2) is 5.13 Å². The Morgan fingerprint density at radius 2 is 1.93 bits per heavy atom. The monoisotopic (exact) mass is 432 g/mol. The van der Waals surface area contributed by atoms with Crippen molar-refractivity contribution in [3.05, 3.63) is 35.3 Å². The first-order chi connectivity index (χ1) is 14.6. The van der Waals surface area contributed by atoms with Crippen molar-refractivity contribution >= 4 is 45.9 Å². The van der Waals surface area contributed by atoms with Crippen LogP contribution < -0.4 is 26.0 Å². The van der Waals surface area contributed by atoms with Gasteiger partial charge in [-0.05, 0) is 18.2 Å². The van der Waals surface area contributed by atoms with Gasteiger partial charge in [0, 0.05) is 29.8 Å². The van der Waals surface area contributed by atoms with Gasteiger partial charge in [-0.1, -0.05) is 6.07 Å². The molecule has 2 saturated heterocycles. The summed E-state index contributed by atoms with van der Waals surface area (Å²) < 4.78 is 10.2. The van der Waals surface area contributed by atoms with Gasteiger partial charge in [0.1, 0.15) is 12.3 Å². The van der Waals surface area contributed by atoms with Crippen LogP contribution in [0.1, 0.15) is 10.5 Å². The number of urea groups is 1. The second-order valence-electron chi connectivity index (χ2n) is 6.46. The summed E-state index contributed by atoms with van der Waals surface area (Å²) in [6.07, 6.45) is -0.427. The summed E-state index contributed by atoms with van der Waals surface area (Å²) in [5, 5.41) is 4.98. The van der Waals surface area contributed by atoms with Gasteiger partial charge in [0.05, 0.1) is 19.8 Å². The summed E-state index contributed by atoms with van der Waals surface area (Å²) in [7, 11) is 0. The molecule has 30 heavy (non-hydrogen) atoms. The van der Waals surface area contributed by atoms with E-state index in [0.717, 1.165) is 18.2 Å². The van der Waals surface area contributed by atoms with Crippen LogP contribution in [0.3, 0.4) is 0 Å². The number of nitrogens with one attached hydrogen (secondary N) is 3. The van der Waals surface area contributed by atoms with E-state index in [4.69, 9.17) is 9.47 Å². The highest BCUT2D eigenvalue weighted by Gasteiger charge is 2.23. The molecular formula is C18H20N6O5S. The Labute approximate surface area is 175 Å². The number of hydrogen-bond donors (Lipinski definition) is 3. The zero-order valence-corrected chi connectivity index (χ0v) is 16.7. The number of thiazole rings is 1. The number of morpholine rings is 1. The SMILES string of the molecule is O=C(NNC(=O)c1csc(N2CCOCC2)n1)Nc1cccc(N2CCOC2=O)c1. The lowest BCUT2D eigenvalue weighted by molar-refractivity contribution is 0.0933. The molecule has 0 saturated carbocycles. The maximum absolute atomic E-state index is 12.3. The number of rotatable bonds is 4. The Hall–Kier alpha value is -3.38. The van der Waals surface area contributed by atoms with Crippen LogP contribution >= 0.6 is 11.3 Å². The minimum absolute atomic E-state index is 0.219. The number of nitrogens with zero attached hydrogens (tertiary/aromatic N) is 3. The van der Waals surface area contributed by atoms with E-state index >= 15 is 0 Å². The highest BCUT2D eigenvalue weighted by Crippen LogP contribution is 2.23. The topological polar surface area (TPSA) is 125 Å². The minimum atomic E-state index is -0.631. The van der Waals surface area contributed by atoms with Crippen molar-refractivity contribution in [2.75, 3.05) is 54.6 Å². The number of aromatic nitrogens is 1. The first kappa shape index (κ1) is 19.9. The van der Waals surface area contributed by atoms with Gasteiger partial charge in [-0.3, -0.25) is 15.1 Å². The quantitative estimate of drug-likeness (QED) is 0.624. The number of ether oxygens (including phenoxy) is 2. The molecule has 12 heteroatoms. The van der Waals surface area contributed by atoms with E-state index in [-0.39, 0.29) is 5.69 Å². The number of anilines is 3. The molecule has 4 rings (SSSR count). The third-order valence-electron chi connectivity index (χ3n) is 4.47. The van der Waals surface area contributed by atoms with Crippen molar-refractivity contribution in [2.45, 2.75) is 0 Å². The average molecular weight is 432 g/mol. The lowest BCUT2D eigenvalue weighted by Gasteiger charge is -2.25. The fraction of sp³-hybridized carbons (Fsp3) is 0.333. The van der Waals surface area contributed by atoms with Gasteiger partial charge in [0.2, 0.25) is 0 Å². The molecule has 0 atom stereocenters. The number of amides is 4. The Morgan fingerprint density at radius 3 is 2.70 bits per heavy atom. The van der Waals surface area contributed by atoms with Crippen LogP contribution in [-0.2, 0) is 9.47 Å². The number of cyclic esters (lactones) is 1. The van der Waals surface area contributed by atoms with Gasteiger partial charge in [-0.15, -0.1) is 11.3 Å². The van der Waals surface area contributed by atoms with Crippen molar-refractivity contribution < 1.29 is 23.9 Å². The van der Waals surface area contributed by atoms with Crippen LogP contribution in [0.5, 0.6) is 0 Å². The van der Waals surface area contributed by atoms with Gasteiger partial charge in [-0.2, -0.15) is 0 Å². The predicted molar refractivity (Wildman–Crippen MR) is 110 cm³/mol.